The molecule has 0 atom stereocenters. The van der Waals surface area contributed by atoms with Crippen LogP contribution >= 0.6 is 0 Å². The van der Waals surface area contributed by atoms with Crippen molar-refractivity contribution in [1.82, 2.24) is 9.47 Å². The van der Waals surface area contributed by atoms with E-state index >= 15 is 0 Å². The van der Waals surface area contributed by atoms with Crippen molar-refractivity contribution in [2.45, 2.75) is 39.5 Å². The molecule has 0 saturated carbocycles. The molecule has 0 aliphatic rings. The van der Waals surface area contributed by atoms with Crippen LogP contribution in [-0.4, -0.2) is 32.8 Å². The Morgan fingerprint density at radius 2 is 1.95 bits per heavy atom. The molecule has 1 aromatic heterocycles. The number of nitrogens with zero attached hydrogens (tertiary/aromatic N) is 2. The fourth-order valence-corrected chi connectivity index (χ4v) is 2.41. The molecule has 0 saturated heterocycles. The highest BCUT2D eigenvalue weighted by atomic mass is 16.3. The molecule has 1 aromatic rings. The molecule has 2 N–H and O–H groups in total. The smallest absolute Gasteiger partial charge is 0.223 e. The van der Waals surface area contributed by atoms with Crippen LogP contribution in [0.25, 0.3) is 0 Å². The predicted octanol–water partition coefficient (Wildman–Crippen LogP) is 2.02. The van der Waals surface area contributed by atoms with E-state index in [0.29, 0.717) is 37.6 Å². The Hall–Kier alpha value is -1.85. The van der Waals surface area contributed by atoms with Gasteiger partial charge in [0.05, 0.1) is 12.3 Å². The summed E-state index contributed by atoms with van der Waals surface area (Å²) in [5.41, 5.74) is 0.612. The van der Waals surface area contributed by atoms with Gasteiger partial charge in [0.25, 0.3) is 0 Å². The summed E-state index contributed by atoms with van der Waals surface area (Å²) in [4.78, 5) is 13.9. The molecule has 22 heavy (non-hydrogen) atoms. The second kappa shape index (κ2) is 9.23. The first-order chi connectivity index (χ1) is 10.6. The molecular formula is C17H26N2O3. The van der Waals surface area contributed by atoms with Crippen LogP contribution in [0.1, 0.15) is 31.2 Å². The number of pyridine rings is 1. The van der Waals surface area contributed by atoms with Crippen molar-refractivity contribution >= 4 is 0 Å². The third-order valence-corrected chi connectivity index (χ3v) is 3.52. The minimum absolute atomic E-state index is 0.227. The van der Waals surface area contributed by atoms with E-state index in [4.69, 9.17) is 0 Å². The highest BCUT2D eigenvalue weighted by Gasteiger charge is 2.16. The Morgan fingerprint density at radius 3 is 2.45 bits per heavy atom. The van der Waals surface area contributed by atoms with Crippen molar-refractivity contribution in [1.29, 1.82) is 0 Å². The molecule has 1 rings (SSSR count). The van der Waals surface area contributed by atoms with E-state index in [1.54, 1.807) is 12.2 Å². The maximum atomic E-state index is 11.9. The van der Waals surface area contributed by atoms with Gasteiger partial charge in [-0.25, -0.2) is 0 Å². The zero-order valence-electron chi connectivity index (χ0n) is 13.3. The summed E-state index contributed by atoms with van der Waals surface area (Å²) in [7, 11) is 0. The van der Waals surface area contributed by atoms with Crippen molar-refractivity contribution in [2.24, 2.45) is 0 Å². The van der Waals surface area contributed by atoms with Crippen LogP contribution in [0.5, 0.6) is 5.75 Å². The predicted molar refractivity (Wildman–Crippen MR) is 88.9 cm³/mol. The molecule has 5 heteroatoms. The summed E-state index contributed by atoms with van der Waals surface area (Å²) in [6.07, 6.45) is 5.43. The monoisotopic (exact) mass is 306 g/mol. The summed E-state index contributed by atoms with van der Waals surface area (Å²) in [6.45, 7) is 11.6. The SMILES string of the molecule is C=CCN(CC=C)Cc1c(O)c(=O)cc(CO)n1CCCC. The van der Waals surface area contributed by atoms with E-state index in [0.717, 1.165) is 12.8 Å². The molecule has 1 heterocycles. The highest BCUT2D eigenvalue weighted by Crippen LogP contribution is 2.18. The molecule has 0 radical (unpaired) electrons. The van der Waals surface area contributed by atoms with Crippen molar-refractivity contribution < 1.29 is 10.2 Å². The minimum atomic E-state index is -0.455. The molecule has 0 aliphatic heterocycles. The third-order valence-electron chi connectivity index (χ3n) is 3.52. The highest BCUT2D eigenvalue weighted by molar-refractivity contribution is 5.30. The maximum absolute atomic E-state index is 11.9. The van der Waals surface area contributed by atoms with Gasteiger partial charge in [0.1, 0.15) is 0 Å². The van der Waals surface area contributed by atoms with E-state index in [1.807, 2.05) is 9.47 Å². The molecule has 0 spiro atoms. The summed E-state index contributed by atoms with van der Waals surface area (Å²) < 4.78 is 1.85. The Labute approximate surface area is 131 Å². The average Bonchev–Trinajstić information content (AvgIpc) is 2.51. The fourth-order valence-electron chi connectivity index (χ4n) is 2.41. The van der Waals surface area contributed by atoms with Crippen LogP contribution in [0.3, 0.4) is 0 Å². The van der Waals surface area contributed by atoms with Gasteiger partial charge in [-0.1, -0.05) is 25.5 Å². The Bertz CT molecular complexity index is 554. The van der Waals surface area contributed by atoms with Crippen molar-refractivity contribution in [3.05, 3.63) is 53.0 Å². The quantitative estimate of drug-likeness (QED) is 0.649. The second-order valence-electron chi connectivity index (χ2n) is 5.23. The van der Waals surface area contributed by atoms with Gasteiger partial charge >= 0.3 is 0 Å². The molecule has 0 bridgehead atoms. The normalized spacial score (nSPS) is 10.9. The standard InChI is InChI=1S/C17H26N2O3/c1-4-7-10-19-14(13-20)11-16(21)17(22)15(19)12-18(8-5-2)9-6-3/h5-6,11,20,22H,2-4,7-10,12-13H2,1H3. The number of unbranched alkanes of at least 4 members (excludes halogenated alkanes) is 1. The molecule has 0 aliphatic carbocycles. The summed E-state index contributed by atoms with van der Waals surface area (Å²) in [5.74, 6) is -0.244. The number of aliphatic hydroxyl groups excluding tert-OH is 1. The van der Waals surface area contributed by atoms with Gasteiger partial charge in [0.15, 0.2) is 5.75 Å². The van der Waals surface area contributed by atoms with Gasteiger partial charge in [-0.2, -0.15) is 0 Å². The van der Waals surface area contributed by atoms with Gasteiger partial charge < -0.3 is 14.8 Å². The van der Waals surface area contributed by atoms with Crippen molar-refractivity contribution in [3.8, 4) is 5.75 Å². The zero-order valence-corrected chi connectivity index (χ0v) is 13.3. The van der Waals surface area contributed by atoms with Crippen LogP contribution in [0.4, 0.5) is 0 Å². The minimum Gasteiger partial charge on any atom is -0.503 e. The van der Waals surface area contributed by atoms with Crippen molar-refractivity contribution in [2.75, 3.05) is 13.1 Å². The summed E-state index contributed by atoms with van der Waals surface area (Å²) >= 11 is 0. The Kier molecular flexibility index (Phi) is 7.63. The van der Waals surface area contributed by atoms with Crippen LogP contribution in [0.15, 0.2) is 36.2 Å². The number of aromatic hydroxyl groups is 1. The molecule has 0 amide bonds. The van der Waals surface area contributed by atoms with E-state index in [9.17, 15) is 15.0 Å². The van der Waals surface area contributed by atoms with Crippen molar-refractivity contribution in [3.63, 3.8) is 0 Å². The summed E-state index contributed by atoms with van der Waals surface area (Å²) in [6, 6.07) is 1.31. The molecular weight excluding hydrogens is 280 g/mol. The Balaban J connectivity index is 3.27. The third kappa shape index (κ3) is 4.58. The first-order valence-corrected chi connectivity index (χ1v) is 7.58. The lowest BCUT2D eigenvalue weighted by Gasteiger charge is -2.24. The van der Waals surface area contributed by atoms with E-state index in [2.05, 4.69) is 20.1 Å². The molecule has 0 fully saturated rings. The average molecular weight is 306 g/mol. The van der Waals surface area contributed by atoms with E-state index in [-0.39, 0.29) is 12.4 Å². The van der Waals surface area contributed by atoms with Gasteiger partial charge in [-0.3, -0.25) is 9.69 Å². The molecule has 0 unspecified atom stereocenters. The number of aliphatic hydroxyl groups is 1. The van der Waals surface area contributed by atoms with Gasteiger partial charge in [0, 0.05) is 37.9 Å². The van der Waals surface area contributed by atoms with E-state index < -0.39 is 5.43 Å². The lowest BCUT2D eigenvalue weighted by molar-refractivity contribution is 0.260. The number of hydrogen-bond acceptors (Lipinski definition) is 4. The molecule has 122 valence electrons. The maximum Gasteiger partial charge on any atom is 0.223 e. The van der Waals surface area contributed by atoms with Gasteiger partial charge in [0.2, 0.25) is 5.43 Å². The topological polar surface area (TPSA) is 65.7 Å². The van der Waals surface area contributed by atoms with Gasteiger partial charge in [-0.15, -0.1) is 13.2 Å². The van der Waals surface area contributed by atoms with Crippen LogP contribution in [0.2, 0.25) is 0 Å². The van der Waals surface area contributed by atoms with Gasteiger partial charge in [-0.05, 0) is 6.42 Å². The lowest BCUT2D eigenvalue weighted by Crippen LogP contribution is -2.28. The molecule has 0 aromatic carbocycles. The van der Waals surface area contributed by atoms with Crippen LogP contribution in [-0.2, 0) is 19.7 Å². The fraction of sp³-hybridized carbons (Fsp3) is 0.471. The zero-order chi connectivity index (χ0) is 16.5. The number of rotatable bonds is 10. The largest absolute Gasteiger partial charge is 0.503 e. The van der Waals surface area contributed by atoms with Crippen LogP contribution < -0.4 is 5.43 Å². The van der Waals surface area contributed by atoms with Crippen LogP contribution in [0, 0.1) is 0 Å². The first kappa shape index (κ1) is 18.2. The Morgan fingerprint density at radius 1 is 1.32 bits per heavy atom. The molecule has 5 nitrogen and oxygen atoms in total. The summed E-state index contributed by atoms with van der Waals surface area (Å²) in [5, 5.41) is 19.7. The second-order valence-corrected chi connectivity index (χ2v) is 5.23. The number of aromatic nitrogens is 1. The number of hydrogen-bond donors (Lipinski definition) is 2. The first-order valence-electron chi connectivity index (χ1n) is 7.58. The lowest BCUT2D eigenvalue weighted by atomic mass is 10.2. The van der Waals surface area contributed by atoms with E-state index in [1.165, 1.54) is 6.07 Å².